The highest BCUT2D eigenvalue weighted by Gasteiger charge is 2.21. The van der Waals surface area contributed by atoms with Crippen LogP contribution in [0.2, 0.25) is 0 Å². The molecule has 234 valence electrons. The van der Waals surface area contributed by atoms with E-state index < -0.39 is 0 Å². The van der Waals surface area contributed by atoms with Crippen molar-refractivity contribution in [2.45, 2.75) is 0 Å². The van der Waals surface area contributed by atoms with Crippen molar-refractivity contribution in [3.05, 3.63) is 170 Å². The van der Waals surface area contributed by atoms with E-state index in [0.717, 1.165) is 0 Å². The Labute approximate surface area is 306 Å². The summed E-state index contributed by atoms with van der Waals surface area (Å²) in [5.41, 5.74) is 3.37. The summed E-state index contributed by atoms with van der Waals surface area (Å²) in [5, 5.41) is 1.48. The van der Waals surface area contributed by atoms with Gasteiger partial charge in [0.2, 0.25) is 0 Å². The Hall–Kier alpha value is -6.43. The number of hydrogen-bond acceptors (Lipinski definition) is 4. The molecule has 0 aliphatic rings. The summed E-state index contributed by atoms with van der Waals surface area (Å²) in [4.78, 5) is 15.0. The molecule has 0 aliphatic carbocycles. The smallest absolute Gasteiger partial charge is 0.166 e. The van der Waals surface area contributed by atoms with Gasteiger partial charge in [-0.25, -0.2) is 15.0 Å². The van der Waals surface area contributed by atoms with Gasteiger partial charge in [0.05, 0.1) is 30.4 Å². The summed E-state index contributed by atoms with van der Waals surface area (Å²) in [7, 11) is 0. The maximum absolute atomic E-state index is 9.27. The summed E-state index contributed by atoms with van der Waals surface area (Å²) < 4.78 is 91.5. The fraction of sp³-hybridized carbons (Fsp3) is 0. The van der Waals surface area contributed by atoms with Crippen molar-refractivity contribution < 1.29 is 13.7 Å². The quantitative estimate of drug-likeness (QED) is 0.184. The molecule has 0 bridgehead atoms. The van der Waals surface area contributed by atoms with Crippen LogP contribution in [0.3, 0.4) is 0 Å². The summed E-state index contributed by atoms with van der Waals surface area (Å²) in [6, 6.07) is 30.3. The highest BCUT2D eigenvalue weighted by Crippen LogP contribution is 2.42. The monoisotopic (exact) mass is 666 g/mol. The van der Waals surface area contributed by atoms with Crippen LogP contribution >= 0.6 is 11.3 Å². The second kappa shape index (κ2) is 11.6. The van der Waals surface area contributed by atoms with Crippen LogP contribution in [0.5, 0.6) is 0 Å². The maximum Gasteiger partial charge on any atom is 0.166 e. The van der Waals surface area contributed by atoms with E-state index in [0.29, 0.717) is 65.3 Å². The van der Waals surface area contributed by atoms with Crippen LogP contribution in [-0.4, -0.2) is 19.5 Å². The standard InChI is InChI=1S/C45H28N4S/c1-3-14-29(15-4-1)43-46-44(30-16-5-2-6-17-30)48-45(47-43)37-28-31(32-21-13-22-36-35-20-9-12-25-41(35)50-42(32)36)26-27-40(37)49-38-23-10-7-18-33(38)34-19-8-11-24-39(34)49/h1-28H/i7D,8D,9D,13D,18D,19D,21D,23D,24D,25D. The molecule has 0 spiro atoms. The average molecular weight is 667 g/mol. The van der Waals surface area contributed by atoms with Gasteiger partial charge in [0.15, 0.2) is 17.5 Å². The molecule has 3 aromatic heterocycles. The van der Waals surface area contributed by atoms with E-state index in [-0.39, 0.29) is 88.1 Å². The summed E-state index contributed by atoms with van der Waals surface area (Å²) in [6.07, 6.45) is 0. The van der Waals surface area contributed by atoms with E-state index in [4.69, 9.17) is 24.5 Å². The van der Waals surface area contributed by atoms with Crippen LogP contribution in [0.25, 0.3) is 93.0 Å². The molecule has 7 aromatic carbocycles. The first kappa shape index (κ1) is 20.2. The van der Waals surface area contributed by atoms with Crippen LogP contribution in [0.1, 0.15) is 13.7 Å². The zero-order valence-corrected chi connectivity index (χ0v) is 26.9. The number of thiophene rings is 1. The summed E-state index contributed by atoms with van der Waals surface area (Å²) in [6.45, 7) is 0. The fourth-order valence-electron chi connectivity index (χ4n) is 6.46. The molecule has 10 aromatic rings. The van der Waals surface area contributed by atoms with Gasteiger partial charge in [-0.2, -0.15) is 0 Å². The van der Waals surface area contributed by atoms with E-state index in [1.54, 1.807) is 34.9 Å². The van der Waals surface area contributed by atoms with Gasteiger partial charge < -0.3 is 4.57 Å². The van der Waals surface area contributed by atoms with Gasteiger partial charge in [-0.15, -0.1) is 11.3 Å². The van der Waals surface area contributed by atoms with Crippen LogP contribution < -0.4 is 0 Å². The number of fused-ring (bicyclic) bond motifs is 6. The van der Waals surface area contributed by atoms with E-state index >= 15 is 0 Å². The molecule has 5 heteroatoms. The highest BCUT2D eigenvalue weighted by atomic mass is 32.1. The molecular formula is C45H28N4S. The number of nitrogens with zero attached hydrogens (tertiary/aromatic N) is 4. The summed E-state index contributed by atoms with van der Waals surface area (Å²) >= 11 is 1.31. The molecule has 0 saturated carbocycles. The lowest BCUT2D eigenvalue weighted by molar-refractivity contribution is 1.06. The lowest BCUT2D eigenvalue weighted by atomic mass is 9.99. The maximum atomic E-state index is 9.27. The SMILES string of the molecule is [2H]c1cc([2H])c2sc3c(-c4ccc(-n5c6c([2H])cc([2H])c([2H])c6c6c([2H])c([2H])cc([2H])c65)c(-c5nc(-c6ccccc6)nc(-c6ccccc6)n5)c4)c([2H])c([2H])cc3c2c1. The van der Waals surface area contributed by atoms with Crippen molar-refractivity contribution in [2.75, 3.05) is 0 Å². The van der Waals surface area contributed by atoms with Crippen molar-refractivity contribution in [1.82, 2.24) is 19.5 Å². The number of rotatable bonds is 5. The Morgan fingerprint density at radius 2 is 1.08 bits per heavy atom. The van der Waals surface area contributed by atoms with Crippen molar-refractivity contribution >= 4 is 53.3 Å². The molecule has 3 heterocycles. The molecule has 4 nitrogen and oxygen atoms in total. The minimum atomic E-state index is -0.248. The highest BCUT2D eigenvalue weighted by molar-refractivity contribution is 7.26. The molecule has 0 N–H and O–H groups in total. The molecule has 10 rings (SSSR count). The van der Waals surface area contributed by atoms with Gasteiger partial charge in [-0.3, -0.25) is 0 Å². The van der Waals surface area contributed by atoms with E-state index in [1.807, 2.05) is 60.7 Å². The zero-order valence-electron chi connectivity index (χ0n) is 36.1. The molecule has 0 amide bonds. The topological polar surface area (TPSA) is 43.6 Å². The van der Waals surface area contributed by atoms with Crippen molar-refractivity contribution in [3.8, 4) is 51.0 Å². The second-order valence-corrected chi connectivity index (χ2v) is 12.7. The Kier molecular flexibility index (Phi) is 4.69. The molecule has 0 unspecified atom stereocenters. The third kappa shape index (κ3) is 4.63. The van der Waals surface area contributed by atoms with Crippen LogP contribution in [-0.2, 0) is 0 Å². The van der Waals surface area contributed by atoms with Crippen molar-refractivity contribution in [3.63, 3.8) is 0 Å². The second-order valence-electron chi connectivity index (χ2n) is 11.6. The first-order valence-corrected chi connectivity index (χ1v) is 16.7. The number of benzene rings is 7. The van der Waals surface area contributed by atoms with Gasteiger partial charge in [-0.1, -0.05) is 139 Å². The molecular weight excluding hydrogens is 629 g/mol. The summed E-state index contributed by atoms with van der Waals surface area (Å²) in [5.74, 6) is 0.901. The molecule has 0 aliphatic heterocycles. The largest absolute Gasteiger partial charge is 0.309 e. The Morgan fingerprint density at radius 3 is 1.76 bits per heavy atom. The molecule has 0 fully saturated rings. The minimum absolute atomic E-state index is 0.0499. The lowest BCUT2D eigenvalue weighted by Gasteiger charge is -2.16. The number of para-hydroxylation sites is 2. The first-order chi connectivity index (χ1) is 28.9. The van der Waals surface area contributed by atoms with Gasteiger partial charge in [0.25, 0.3) is 0 Å². The third-order valence-electron chi connectivity index (χ3n) is 8.73. The molecule has 0 saturated heterocycles. The van der Waals surface area contributed by atoms with Crippen molar-refractivity contribution in [2.24, 2.45) is 0 Å². The van der Waals surface area contributed by atoms with Crippen LogP contribution in [0.4, 0.5) is 0 Å². The first-order valence-electron chi connectivity index (χ1n) is 20.9. The normalized spacial score (nSPS) is 14.4. The van der Waals surface area contributed by atoms with Gasteiger partial charge in [0.1, 0.15) is 0 Å². The van der Waals surface area contributed by atoms with E-state index in [9.17, 15) is 4.11 Å². The Bertz CT molecular complexity index is 3310. The average Bonchev–Trinajstić information content (AvgIpc) is 3.80. The van der Waals surface area contributed by atoms with E-state index in [1.165, 1.54) is 29.5 Å². The van der Waals surface area contributed by atoms with Crippen LogP contribution in [0.15, 0.2) is 170 Å². The Morgan fingerprint density at radius 1 is 0.460 bits per heavy atom. The van der Waals surface area contributed by atoms with Gasteiger partial charge >= 0.3 is 0 Å². The number of aromatic nitrogens is 4. The lowest BCUT2D eigenvalue weighted by Crippen LogP contribution is -2.04. The molecule has 50 heavy (non-hydrogen) atoms. The molecule has 0 atom stereocenters. The predicted octanol–water partition coefficient (Wildman–Crippen LogP) is 12.0. The van der Waals surface area contributed by atoms with E-state index in [2.05, 4.69) is 0 Å². The third-order valence-corrected chi connectivity index (χ3v) is 9.90. The zero-order chi connectivity index (χ0) is 41.7. The Balaban J connectivity index is 1.37. The van der Waals surface area contributed by atoms with Crippen LogP contribution in [0, 0.1) is 0 Å². The van der Waals surface area contributed by atoms with Gasteiger partial charge in [-0.05, 0) is 41.4 Å². The fourth-order valence-corrected chi connectivity index (χ4v) is 7.61. The van der Waals surface area contributed by atoms with Crippen molar-refractivity contribution in [1.29, 1.82) is 0 Å². The number of hydrogen-bond donors (Lipinski definition) is 0. The predicted molar refractivity (Wildman–Crippen MR) is 209 cm³/mol. The minimum Gasteiger partial charge on any atom is -0.309 e. The van der Waals surface area contributed by atoms with Gasteiger partial charge in [0, 0.05) is 47.6 Å². The molecule has 0 radical (unpaired) electrons.